The van der Waals surface area contributed by atoms with E-state index in [0.29, 0.717) is 30.3 Å². The first-order valence-electron chi connectivity index (χ1n) is 9.47. The summed E-state index contributed by atoms with van der Waals surface area (Å²) in [6.45, 7) is 6.42. The second-order valence-corrected chi connectivity index (χ2v) is 8.70. The maximum atomic E-state index is 12.7. The minimum absolute atomic E-state index is 0. The van der Waals surface area contributed by atoms with Crippen molar-refractivity contribution in [1.82, 2.24) is 5.32 Å². The number of hydrogen-bond acceptors (Lipinski definition) is 2. The van der Waals surface area contributed by atoms with Gasteiger partial charge in [0.2, 0.25) is 5.91 Å². The van der Waals surface area contributed by atoms with Crippen molar-refractivity contribution in [1.29, 1.82) is 0 Å². The molecule has 3 rings (SSSR count). The Morgan fingerprint density at radius 2 is 1.72 bits per heavy atom. The van der Waals surface area contributed by atoms with Crippen LogP contribution in [-0.2, 0) is 10.2 Å². The molecule has 0 aromatic heterocycles. The van der Waals surface area contributed by atoms with E-state index in [-0.39, 0.29) is 23.7 Å². The highest BCUT2D eigenvalue weighted by molar-refractivity contribution is 5.85. The topological polar surface area (TPSA) is 55.1 Å². The lowest BCUT2D eigenvalue weighted by Crippen LogP contribution is -2.54. The molecule has 2 aliphatic rings. The van der Waals surface area contributed by atoms with Crippen molar-refractivity contribution in [3.8, 4) is 0 Å². The third kappa shape index (κ3) is 4.77. The molecule has 2 unspecified atom stereocenters. The molecule has 0 saturated heterocycles. The molecule has 2 atom stereocenters. The van der Waals surface area contributed by atoms with Crippen molar-refractivity contribution in [2.24, 2.45) is 17.6 Å². The van der Waals surface area contributed by atoms with Crippen LogP contribution in [0, 0.1) is 18.8 Å². The maximum Gasteiger partial charge on any atom is 0.221 e. The summed E-state index contributed by atoms with van der Waals surface area (Å²) < 4.78 is 0. The second-order valence-electron chi connectivity index (χ2n) is 8.70. The van der Waals surface area contributed by atoms with E-state index in [2.05, 4.69) is 50.4 Å². The number of carbonyl (C=O) groups is 1. The number of amides is 1. The number of halogens is 1. The number of nitrogens with two attached hydrogens (primary N) is 1. The van der Waals surface area contributed by atoms with E-state index in [4.69, 9.17) is 5.73 Å². The fourth-order valence-corrected chi connectivity index (χ4v) is 4.77. The SMILES string of the molecule is Cc1ccc(C(C)(C)CC(=O)NC2C3CCCC2CC(N)C3)cc1.Cl. The average Bonchev–Trinajstić information content (AvgIpc) is 2.48. The summed E-state index contributed by atoms with van der Waals surface area (Å²) in [6.07, 6.45) is 6.42. The minimum Gasteiger partial charge on any atom is -0.353 e. The smallest absolute Gasteiger partial charge is 0.221 e. The van der Waals surface area contributed by atoms with Crippen LogP contribution in [0.4, 0.5) is 0 Å². The standard InChI is InChI=1S/C21H32N2O.ClH/c1-14-7-9-17(10-8-14)21(2,3)13-19(24)23-20-15-5-4-6-16(20)12-18(22)11-15;/h7-10,15-16,18,20H,4-6,11-13,22H2,1-3H3,(H,23,24);1H. The Hall–Kier alpha value is -1.06. The molecule has 1 aromatic carbocycles. The van der Waals surface area contributed by atoms with Gasteiger partial charge < -0.3 is 11.1 Å². The predicted molar refractivity (Wildman–Crippen MR) is 106 cm³/mol. The summed E-state index contributed by atoms with van der Waals surface area (Å²) >= 11 is 0. The molecule has 1 aromatic rings. The molecule has 25 heavy (non-hydrogen) atoms. The molecular weight excluding hydrogens is 332 g/mol. The number of benzene rings is 1. The summed E-state index contributed by atoms with van der Waals surface area (Å²) in [7, 11) is 0. The summed E-state index contributed by atoms with van der Waals surface area (Å²) in [6, 6.07) is 9.23. The summed E-state index contributed by atoms with van der Waals surface area (Å²) in [4.78, 5) is 12.7. The predicted octanol–water partition coefficient (Wildman–Crippen LogP) is 4.11. The monoisotopic (exact) mass is 364 g/mol. The van der Waals surface area contributed by atoms with Gasteiger partial charge in [-0.3, -0.25) is 4.79 Å². The molecule has 1 amide bonds. The highest BCUT2D eigenvalue weighted by Gasteiger charge is 2.40. The number of fused-ring (bicyclic) bond motifs is 2. The Morgan fingerprint density at radius 3 is 2.28 bits per heavy atom. The third-order valence-corrected chi connectivity index (χ3v) is 6.14. The molecule has 2 bridgehead atoms. The molecule has 2 aliphatic carbocycles. The third-order valence-electron chi connectivity index (χ3n) is 6.14. The lowest BCUT2D eigenvalue weighted by molar-refractivity contribution is -0.124. The zero-order valence-corrected chi connectivity index (χ0v) is 16.6. The first-order valence-corrected chi connectivity index (χ1v) is 9.47. The van der Waals surface area contributed by atoms with Gasteiger partial charge in [-0.1, -0.05) is 50.1 Å². The number of carbonyl (C=O) groups excluding carboxylic acids is 1. The Kier molecular flexibility index (Phi) is 6.56. The zero-order valence-electron chi connectivity index (χ0n) is 15.8. The van der Waals surface area contributed by atoms with Crippen LogP contribution in [0.5, 0.6) is 0 Å². The van der Waals surface area contributed by atoms with Gasteiger partial charge in [0.15, 0.2) is 0 Å². The van der Waals surface area contributed by atoms with Crippen molar-refractivity contribution < 1.29 is 4.79 Å². The van der Waals surface area contributed by atoms with Gasteiger partial charge in [-0.25, -0.2) is 0 Å². The first-order chi connectivity index (χ1) is 11.3. The second kappa shape index (κ2) is 8.09. The van der Waals surface area contributed by atoms with Crippen molar-refractivity contribution in [2.45, 2.75) is 76.8 Å². The highest BCUT2D eigenvalue weighted by Crippen LogP contribution is 2.40. The van der Waals surface area contributed by atoms with E-state index in [1.807, 2.05) is 0 Å². The van der Waals surface area contributed by atoms with Gasteiger partial charge in [-0.2, -0.15) is 0 Å². The molecule has 0 radical (unpaired) electrons. The van der Waals surface area contributed by atoms with Crippen LogP contribution in [-0.4, -0.2) is 18.0 Å². The lowest BCUT2D eigenvalue weighted by Gasteiger charge is -2.45. The summed E-state index contributed by atoms with van der Waals surface area (Å²) in [5.74, 6) is 1.36. The summed E-state index contributed by atoms with van der Waals surface area (Å²) in [5, 5.41) is 3.38. The van der Waals surface area contributed by atoms with Gasteiger partial charge in [0.05, 0.1) is 0 Å². The van der Waals surface area contributed by atoms with Gasteiger partial charge in [0.25, 0.3) is 0 Å². The molecule has 4 heteroatoms. The van der Waals surface area contributed by atoms with Crippen LogP contribution in [0.2, 0.25) is 0 Å². The van der Waals surface area contributed by atoms with Crippen LogP contribution in [0.1, 0.15) is 63.5 Å². The Morgan fingerprint density at radius 1 is 1.16 bits per heavy atom. The minimum atomic E-state index is -0.141. The van der Waals surface area contributed by atoms with Crippen molar-refractivity contribution in [3.63, 3.8) is 0 Å². The molecule has 140 valence electrons. The fourth-order valence-electron chi connectivity index (χ4n) is 4.77. The van der Waals surface area contributed by atoms with Crippen LogP contribution in [0.25, 0.3) is 0 Å². The normalized spacial score (nSPS) is 28.8. The molecule has 0 heterocycles. The molecular formula is C21H33ClN2O. The van der Waals surface area contributed by atoms with Crippen LogP contribution in [0.3, 0.4) is 0 Å². The molecule has 0 aliphatic heterocycles. The number of nitrogens with one attached hydrogen (secondary N) is 1. The van der Waals surface area contributed by atoms with Gasteiger partial charge in [0, 0.05) is 18.5 Å². The first kappa shape index (κ1) is 20.3. The van der Waals surface area contributed by atoms with E-state index in [1.165, 1.54) is 30.4 Å². The van der Waals surface area contributed by atoms with E-state index in [1.54, 1.807) is 0 Å². The van der Waals surface area contributed by atoms with E-state index >= 15 is 0 Å². The van der Waals surface area contributed by atoms with E-state index < -0.39 is 0 Å². The quantitative estimate of drug-likeness (QED) is 0.844. The van der Waals surface area contributed by atoms with E-state index in [0.717, 1.165) is 12.8 Å². The Bertz CT molecular complexity index is 570. The molecule has 2 fully saturated rings. The van der Waals surface area contributed by atoms with E-state index in [9.17, 15) is 4.79 Å². The van der Waals surface area contributed by atoms with Gasteiger partial charge in [0.1, 0.15) is 0 Å². The van der Waals surface area contributed by atoms with Gasteiger partial charge in [-0.05, 0) is 55.4 Å². The molecule has 2 saturated carbocycles. The number of hydrogen-bond donors (Lipinski definition) is 2. The van der Waals surface area contributed by atoms with Crippen molar-refractivity contribution >= 4 is 18.3 Å². The largest absolute Gasteiger partial charge is 0.353 e. The maximum absolute atomic E-state index is 12.7. The number of rotatable bonds is 4. The zero-order chi connectivity index (χ0) is 17.3. The summed E-state index contributed by atoms with van der Waals surface area (Å²) in [5.41, 5.74) is 8.54. The van der Waals surface area contributed by atoms with Crippen molar-refractivity contribution in [3.05, 3.63) is 35.4 Å². The molecule has 3 N–H and O–H groups in total. The fraction of sp³-hybridized carbons (Fsp3) is 0.667. The average molecular weight is 365 g/mol. The van der Waals surface area contributed by atoms with Crippen LogP contribution < -0.4 is 11.1 Å². The Labute approximate surface area is 158 Å². The highest BCUT2D eigenvalue weighted by atomic mass is 35.5. The lowest BCUT2D eigenvalue weighted by atomic mass is 9.67. The van der Waals surface area contributed by atoms with Crippen LogP contribution >= 0.6 is 12.4 Å². The molecule has 0 spiro atoms. The number of aryl methyl sites for hydroxylation is 1. The Balaban J connectivity index is 0.00000225. The van der Waals surface area contributed by atoms with Gasteiger partial charge in [-0.15, -0.1) is 12.4 Å². The van der Waals surface area contributed by atoms with Crippen molar-refractivity contribution in [2.75, 3.05) is 0 Å². The van der Waals surface area contributed by atoms with Crippen LogP contribution in [0.15, 0.2) is 24.3 Å². The molecule has 3 nitrogen and oxygen atoms in total. The van der Waals surface area contributed by atoms with Gasteiger partial charge >= 0.3 is 0 Å².